The number of aliphatic hydroxyl groups excluding tert-OH is 1. The van der Waals surface area contributed by atoms with Gasteiger partial charge >= 0.3 is 0 Å². The lowest BCUT2D eigenvalue weighted by Crippen LogP contribution is -2.58. The summed E-state index contributed by atoms with van der Waals surface area (Å²) in [6, 6.07) is 5.79. The molecule has 0 amide bonds. The van der Waals surface area contributed by atoms with Crippen molar-refractivity contribution in [3.05, 3.63) is 28.9 Å². The number of rotatable bonds is 7. The summed E-state index contributed by atoms with van der Waals surface area (Å²) in [7, 11) is 0. The van der Waals surface area contributed by atoms with Gasteiger partial charge in [-0.3, -0.25) is 4.48 Å². The third-order valence-corrected chi connectivity index (χ3v) is 5.50. The Bertz CT molecular complexity index is 897. The first-order valence-corrected chi connectivity index (χ1v) is 10.2. The highest BCUT2D eigenvalue weighted by atomic mass is 35.5. The molecular formula is C20H29ClN7O+. The summed E-state index contributed by atoms with van der Waals surface area (Å²) in [6.45, 7) is 6.95. The van der Waals surface area contributed by atoms with Gasteiger partial charge in [0.05, 0.1) is 29.6 Å². The average molecular weight is 419 g/mol. The van der Waals surface area contributed by atoms with Gasteiger partial charge in [-0.1, -0.05) is 31.5 Å². The van der Waals surface area contributed by atoms with Gasteiger partial charge in [0.15, 0.2) is 13.0 Å². The third-order valence-electron chi connectivity index (χ3n) is 5.19. The highest BCUT2D eigenvalue weighted by Crippen LogP contribution is 2.36. The zero-order valence-electron chi connectivity index (χ0n) is 17.0. The Balaban J connectivity index is 2.02. The molecule has 1 aromatic carbocycles. The van der Waals surface area contributed by atoms with Crippen LogP contribution < -0.4 is 16.4 Å². The van der Waals surface area contributed by atoms with Gasteiger partial charge < -0.3 is 21.5 Å². The SMILES string of the molecule is CCC[N+]1(CCO)C=NCN(c2cc(-c3c(N)nc(N)nc3CC)ccc2Cl)C1. The maximum absolute atomic E-state index is 9.57. The highest BCUT2D eigenvalue weighted by molar-refractivity contribution is 6.33. The molecule has 0 fully saturated rings. The van der Waals surface area contributed by atoms with Crippen molar-refractivity contribution >= 4 is 35.4 Å². The van der Waals surface area contributed by atoms with Crippen LogP contribution in [-0.4, -0.2) is 58.9 Å². The molecule has 5 N–H and O–H groups in total. The summed E-state index contributed by atoms with van der Waals surface area (Å²) in [5.74, 6) is 0.531. The highest BCUT2D eigenvalue weighted by Gasteiger charge is 2.31. The van der Waals surface area contributed by atoms with Crippen molar-refractivity contribution in [1.82, 2.24) is 9.97 Å². The van der Waals surface area contributed by atoms with E-state index in [-0.39, 0.29) is 12.6 Å². The van der Waals surface area contributed by atoms with E-state index in [0.29, 0.717) is 41.6 Å². The molecule has 29 heavy (non-hydrogen) atoms. The molecule has 0 aliphatic carbocycles. The minimum atomic E-state index is 0.104. The monoisotopic (exact) mass is 418 g/mol. The topological polar surface area (TPSA) is 114 Å². The second kappa shape index (κ2) is 8.94. The third kappa shape index (κ3) is 4.44. The lowest BCUT2D eigenvalue weighted by atomic mass is 10.0. The van der Waals surface area contributed by atoms with E-state index in [1.807, 2.05) is 31.5 Å². The molecule has 1 atom stereocenters. The second-order valence-corrected chi connectivity index (χ2v) is 7.73. The molecular weight excluding hydrogens is 390 g/mol. The standard InChI is InChI=1S/C20H29ClN7O/c1-3-7-28(8-9-29)12-24-11-27(13-28)17-10-14(5-6-15(17)21)18-16(4-2)25-20(23)26-19(18)22/h5-6,10,12,29H,3-4,7-9,11,13H2,1-2H3,(H4,22,23,25,26)/q+1. The quantitative estimate of drug-likeness (QED) is 0.595. The van der Waals surface area contributed by atoms with Crippen LogP contribution in [0, 0.1) is 0 Å². The number of aliphatic imine (C=N–C) groups is 1. The Hall–Kier alpha value is -2.42. The predicted octanol–water partition coefficient (Wildman–Crippen LogP) is 2.51. The van der Waals surface area contributed by atoms with Crippen LogP contribution >= 0.6 is 11.6 Å². The van der Waals surface area contributed by atoms with Crippen molar-refractivity contribution in [3.63, 3.8) is 0 Å². The first-order chi connectivity index (χ1) is 13.9. The molecule has 1 unspecified atom stereocenters. The molecule has 156 valence electrons. The van der Waals surface area contributed by atoms with Crippen LogP contribution in [0.25, 0.3) is 11.1 Å². The minimum Gasteiger partial charge on any atom is -0.390 e. The van der Waals surface area contributed by atoms with Crippen LogP contribution in [0.2, 0.25) is 5.02 Å². The molecule has 0 bridgehead atoms. The van der Waals surface area contributed by atoms with Gasteiger partial charge in [0.1, 0.15) is 19.0 Å². The first-order valence-electron chi connectivity index (χ1n) is 9.87. The van der Waals surface area contributed by atoms with E-state index in [4.69, 9.17) is 23.1 Å². The molecule has 2 heterocycles. The van der Waals surface area contributed by atoms with E-state index in [9.17, 15) is 5.11 Å². The maximum atomic E-state index is 9.57. The number of aryl methyl sites for hydroxylation is 1. The minimum absolute atomic E-state index is 0.104. The smallest absolute Gasteiger partial charge is 0.222 e. The van der Waals surface area contributed by atoms with Crippen molar-refractivity contribution in [3.8, 4) is 11.1 Å². The lowest BCUT2D eigenvalue weighted by Gasteiger charge is -2.41. The van der Waals surface area contributed by atoms with Gasteiger partial charge in [-0.25, -0.2) is 9.98 Å². The molecule has 9 heteroatoms. The van der Waals surface area contributed by atoms with E-state index in [1.165, 1.54) is 0 Å². The summed E-state index contributed by atoms with van der Waals surface area (Å²) >= 11 is 6.57. The largest absolute Gasteiger partial charge is 0.390 e. The zero-order chi connectivity index (χ0) is 21.0. The molecule has 8 nitrogen and oxygen atoms in total. The number of hydrogen-bond donors (Lipinski definition) is 3. The van der Waals surface area contributed by atoms with E-state index in [2.05, 4.69) is 26.8 Å². The molecule has 0 radical (unpaired) electrons. The van der Waals surface area contributed by atoms with Gasteiger partial charge in [0.2, 0.25) is 5.95 Å². The van der Waals surface area contributed by atoms with Crippen molar-refractivity contribution in [2.45, 2.75) is 26.7 Å². The van der Waals surface area contributed by atoms with Crippen molar-refractivity contribution in [2.75, 3.05) is 49.4 Å². The Labute approximate surface area is 176 Å². The number of anilines is 3. The number of halogens is 1. The molecule has 0 saturated heterocycles. The molecule has 0 saturated carbocycles. The zero-order valence-corrected chi connectivity index (χ0v) is 17.7. The molecule has 1 aliphatic heterocycles. The number of quaternary nitrogens is 1. The van der Waals surface area contributed by atoms with E-state index in [1.54, 1.807) is 0 Å². The second-order valence-electron chi connectivity index (χ2n) is 7.32. The first kappa shape index (κ1) is 21.3. The summed E-state index contributed by atoms with van der Waals surface area (Å²) in [5, 5.41) is 10.2. The Morgan fingerprint density at radius 1 is 1.21 bits per heavy atom. The van der Waals surface area contributed by atoms with Gasteiger partial charge in [-0.05, 0) is 30.5 Å². The number of nitrogens with zero attached hydrogens (tertiary/aromatic N) is 5. The number of benzene rings is 1. The van der Waals surface area contributed by atoms with E-state index >= 15 is 0 Å². The molecule has 1 aliphatic rings. The van der Waals surface area contributed by atoms with Crippen molar-refractivity contribution in [2.24, 2.45) is 4.99 Å². The summed E-state index contributed by atoms with van der Waals surface area (Å²) in [5.41, 5.74) is 15.3. The average Bonchev–Trinajstić information content (AvgIpc) is 2.68. The molecule has 1 aromatic heterocycles. The van der Waals surface area contributed by atoms with Gasteiger partial charge in [-0.2, -0.15) is 4.98 Å². The lowest BCUT2D eigenvalue weighted by molar-refractivity contribution is -0.837. The summed E-state index contributed by atoms with van der Waals surface area (Å²) < 4.78 is 0.598. The van der Waals surface area contributed by atoms with Crippen LogP contribution in [0.1, 0.15) is 26.0 Å². The summed E-state index contributed by atoms with van der Waals surface area (Å²) in [6.07, 6.45) is 3.63. The van der Waals surface area contributed by atoms with Crippen LogP contribution in [0.15, 0.2) is 23.2 Å². The number of nitrogens with two attached hydrogens (primary N) is 2. The van der Waals surface area contributed by atoms with Gasteiger partial charge in [0, 0.05) is 5.56 Å². The number of aliphatic hydroxyl groups is 1. The van der Waals surface area contributed by atoms with E-state index in [0.717, 1.165) is 35.5 Å². The fraction of sp³-hybridized carbons (Fsp3) is 0.450. The van der Waals surface area contributed by atoms with Crippen LogP contribution in [0.5, 0.6) is 0 Å². The molecule has 0 spiro atoms. The Kier molecular flexibility index (Phi) is 6.56. The maximum Gasteiger partial charge on any atom is 0.222 e. The Morgan fingerprint density at radius 3 is 2.69 bits per heavy atom. The fourth-order valence-electron chi connectivity index (χ4n) is 3.92. The predicted molar refractivity (Wildman–Crippen MR) is 119 cm³/mol. The van der Waals surface area contributed by atoms with Crippen LogP contribution in [0.3, 0.4) is 0 Å². The van der Waals surface area contributed by atoms with Crippen LogP contribution in [-0.2, 0) is 6.42 Å². The Morgan fingerprint density at radius 2 is 2.00 bits per heavy atom. The fourth-order valence-corrected chi connectivity index (χ4v) is 4.16. The van der Waals surface area contributed by atoms with Crippen molar-refractivity contribution in [1.29, 1.82) is 0 Å². The number of nitrogen functional groups attached to an aromatic ring is 2. The van der Waals surface area contributed by atoms with E-state index < -0.39 is 0 Å². The van der Waals surface area contributed by atoms with Gasteiger partial charge in [0.25, 0.3) is 0 Å². The molecule has 3 rings (SSSR count). The number of hydrogen-bond acceptors (Lipinski definition) is 7. The number of aromatic nitrogens is 2. The van der Waals surface area contributed by atoms with Gasteiger partial charge in [-0.15, -0.1) is 0 Å². The van der Waals surface area contributed by atoms with Crippen molar-refractivity contribution < 1.29 is 9.59 Å². The summed E-state index contributed by atoms with van der Waals surface area (Å²) in [4.78, 5) is 15.2. The van der Waals surface area contributed by atoms with Crippen LogP contribution in [0.4, 0.5) is 17.5 Å². The normalized spacial score (nSPS) is 19.0. The molecule has 2 aromatic rings.